The van der Waals surface area contributed by atoms with Crippen molar-refractivity contribution in [1.82, 2.24) is 10.3 Å². The first-order chi connectivity index (χ1) is 8.54. The van der Waals surface area contributed by atoms with Crippen LogP contribution in [-0.4, -0.2) is 17.1 Å². The third-order valence-corrected chi connectivity index (χ3v) is 2.66. The van der Waals surface area contributed by atoms with Gasteiger partial charge in [-0.3, -0.25) is 0 Å². The summed E-state index contributed by atoms with van der Waals surface area (Å²) in [5.41, 5.74) is 2.20. The van der Waals surface area contributed by atoms with Gasteiger partial charge in [-0.25, -0.2) is 4.98 Å². The first-order valence-corrected chi connectivity index (χ1v) is 6.32. The van der Waals surface area contributed by atoms with E-state index in [9.17, 15) is 0 Å². The molecule has 0 aliphatic rings. The SMILES string of the molecule is CC(C)(C)NCC=Cc1ccc2ccccc2n1. The molecule has 0 fully saturated rings. The first kappa shape index (κ1) is 12.8. The van der Waals surface area contributed by atoms with Gasteiger partial charge in [0.1, 0.15) is 0 Å². The summed E-state index contributed by atoms with van der Waals surface area (Å²) in [6.07, 6.45) is 4.17. The Bertz CT molecular complexity index is 550. The Morgan fingerprint density at radius 1 is 1.11 bits per heavy atom. The van der Waals surface area contributed by atoms with Crippen LogP contribution in [0.25, 0.3) is 17.0 Å². The lowest BCUT2D eigenvalue weighted by atomic mass is 10.1. The van der Waals surface area contributed by atoms with Crippen molar-refractivity contribution >= 4 is 17.0 Å². The molecule has 0 bridgehead atoms. The van der Waals surface area contributed by atoms with Gasteiger partial charge >= 0.3 is 0 Å². The maximum absolute atomic E-state index is 4.59. The molecule has 18 heavy (non-hydrogen) atoms. The predicted molar refractivity (Wildman–Crippen MR) is 78.5 cm³/mol. The third-order valence-electron chi connectivity index (χ3n) is 2.66. The van der Waals surface area contributed by atoms with Gasteiger partial charge in [-0.05, 0) is 39.0 Å². The fourth-order valence-corrected chi connectivity index (χ4v) is 1.72. The fourth-order valence-electron chi connectivity index (χ4n) is 1.72. The second-order valence-electron chi connectivity index (χ2n) is 5.46. The molecule has 0 amide bonds. The van der Waals surface area contributed by atoms with Gasteiger partial charge in [0.05, 0.1) is 11.2 Å². The van der Waals surface area contributed by atoms with Crippen molar-refractivity contribution in [3.05, 3.63) is 48.2 Å². The number of fused-ring (bicyclic) bond motifs is 1. The van der Waals surface area contributed by atoms with Crippen LogP contribution in [0.4, 0.5) is 0 Å². The average Bonchev–Trinajstić information content (AvgIpc) is 2.33. The smallest absolute Gasteiger partial charge is 0.0709 e. The Morgan fingerprint density at radius 3 is 2.67 bits per heavy atom. The van der Waals surface area contributed by atoms with Gasteiger partial charge in [0.25, 0.3) is 0 Å². The van der Waals surface area contributed by atoms with E-state index >= 15 is 0 Å². The average molecular weight is 240 g/mol. The summed E-state index contributed by atoms with van der Waals surface area (Å²) in [6.45, 7) is 7.34. The Hall–Kier alpha value is -1.67. The lowest BCUT2D eigenvalue weighted by Crippen LogP contribution is -2.35. The zero-order valence-corrected chi connectivity index (χ0v) is 11.3. The van der Waals surface area contributed by atoms with E-state index in [4.69, 9.17) is 0 Å². The summed E-state index contributed by atoms with van der Waals surface area (Å²) in [6, 6.07) is 12.3. The van der Waals surface area contributed by atoms with Crippen LogP contribution in [0.15, 0.2) is 42.5 Å². The van der Waals surface area contributed by atoms with Crippen molar-refractivity contribution in [2.24, 2.45) is 0 Å². The van der Waals surface area contributed by atoms with Crippen LogP contribution < -0.4 is 5.32 Å². The monoisotopic (exact) mass is 240 g/mol. The van der Waals surface area contributed by atoms with E-state index in [0.29, 0.717) is 0 Å². The number of pyridine rings is 1. The molecule has 94 valence electrons. The lowest BCUT2D eigenvalue weighted by molar-refractivity contribution is 0.450. The minimum Gasteiger partial charge on any atom is -0.309 e. The molecule has 1 heterocycles. The van der Waals surface area contributed by atoms with Crippen LogP contribution in [0.1, 0.15) is 26.5 Å². The number of aromatic nitrogens is 1. The molecule has 0 aliphatic heterocycles. The number of nitrogens with zero attached hydrogens (tertiary/aromatic N) is 1. The highest BCUT2D eigenvalue weighted by atomic mass is 14.9. The number of benzene rings is 1. The number of hydrogen-bond acceptors (Lipinski definition) is 2. The molecule has 2 rings (SSSR count). The standard InChI is InChI=1S/C16H20N2/c1-16(2,3)17-12-6-8-14-11-10-13-7-4-5-9-15(13)18-14/h4-11,17H,12H2,1-3H3. The summed E-state index contributed by atoms with van der Waals surface area (Å²) in [5, 5.41) is 4.60. The Labute approximate surface area is 109 Å². The Kier molecular flexibility index (Phi) is 3.78. The summed E-state index contributed by atoms with van der Waals surface area (Å²) >= 11 is 0. The molecule has 2 heteroatoms. The highest BCUT2D eigenvalue weighted by Gasteiger charge is 2.05. The van der Waals surface area contributed by atoms with Gasteiger partial charge < -0.3 is 5.32 Å². The quantitative estimate of drug-likeness (QED) is 0.886. The van der Waals surface area contributed by atoms with E-state index in [1.807, 2.05) is 18.2 Å². The summed E-state index contributed by atoms with van der Waals surface area (Å²) in [4.78, 5) is 4.59. The highest BCUT2D eigenvalue weighted by molar-refractivity contribution is 5.79. The van der Waals surface area contributed by atoms with E-state index in [1.54, 1.807) is 0 Å². The van der Waals surface area contributed by atoms with Crippen molar-refractivity contribution in [2.75, 3.05) is 6.54 Å². The van der Waals surface area contributed by atoms with Crippen LogP contribution in [-0.2, 0) is 0 Å². The van der Waals surface area contributed by atoms with Gasteiger partial charge in [-0.1, -0.05) is 30.3 Å². The molecule has 1 N–H and O–H groups in total. The van der Waals surface area contributed by atoms with E-state index in [0.717, 1.165) is 17.8 Å². The van der Waals surface area contributed by atoms with Crippen LogP contribution in [0.5, 0.6) is 0 Å². The van der Waals surface area contributed by atoms with Crippen LogP contribution in [0.3, 0.4) is 0 Å². The normalized spacial score (nSPS) is 12.4. The van der Waals surface area contributed by atoms with Gasteiger partial charge in [0, 0.05) is 17.5 Å². The van der Waals surface area contributed by atoms with E-state index < -0.39 is 0 Å². The van der Waals surface area contributed by atoms with Crippen molar-refractivity contribution in [2.45, 2.75) is 26.3 Å². The molecule has 2 aromatic rings. The second-order valence-corrected chi connectivity index (χ2v) is 5.46. The van der Waals surface area contributed by atoms with Gasteiger partial charge in [0.2, 0.25) is 0 Å². The zero-order chi connectivity index (χ0) is 13.0. The number of rotatable bonds is 3. The topological polar surface area (TPSA) is 24.9 Å². The van der Waals surface area contributed by atoms with Crippen LogP contribution in [0.2, 0.25) is 0 Å². The summed E-state index contributed by atoms with van der Waals surface area (Å²) in [5.74, 6) is 0. The molecule has 1 aromatic carbocycles. The first-order valence-electron chi connectivity index (χ1n) is 6.32. The maximum Gasteiger partial charge on any atom is 0.0709 e. The van der Waals surface area contributed by atoms with Gasteiger partial charge in [-0.2, -0.15) is 0 Å². The van der Waals surface area contributed by atoms with Crippen molar-refractivity contribution in [1.29, 1.82) is 0 Å². The molecule has 0 unspecified atom stereocenters. The Morgan fingerprint density at radius 2 is 1.89 bits per heavy atom. The number of nitrogens with one attached hydrogen (secondary N) is 1. The minimum absolute atomic E-state index is 0.154. The van der Waals surface area contributed by atoms with E-state index in [-0.39, 0.29) is 5.54 Å². The fraction of sp³-hybridized carbons (Fsp3) is 0.312. The largest absolute Gasteiger partial charge is 0.309 e. The highest BCUT2D eigenvalue weighted by Crippen LogP contribution is 2.12. The third kappa shape index (κ3) is 3.67. The van der Waals surface area contributed by atoms with E-state index in [1.165, 1.54) is 5.39 Å². The lowest BCUT2D eigenvalue weighted by Gasteiger charge is -2.18. The summed E-state index contributed by atoms with van der Waals surface area (Å²) in [7, 11) is 0. The predicted octanol–water partition coefficient (Wildman–Crippen LogP) is 3.64. The second kappa shape index (κ2) is 5.32. The molecule has 1 aromatic heterocycles. The molecule has 0 radical (unpaired) electrons. The van der Waals surface area contributed by atoms with Crippen molar-refractivity contribution in [3.8, 4) is 0 Å². The molecule has 0 saturated heterocycles. The molecular formula is C16H20N2. The number of hydrogen-bond donors (Lipinski definition) is 1. The molecule has 0 saturated carbocycles. The molecular weight excluding hydrogens is 220 g/mol. The maximum atomic E-state index is 4.59. The molecule has 2 nitrogen and oxygen atoms in total. The van der Waals surface area contributed by atoms with E-state index in [2.05, 4.69) is 61.4 Å². The molecule has 0 aliphatic carbocycles. The van der Waals surface area contributed by atoms with Gasteiger partial charge in [-0.15, -0.1) is 0 Å². The molecule has 0 spiro atoms. The van der Waals surface area contributed by atoms with Crippen molar-refractivity contribution < 1.29 is 0 Å². The summed E-state index contributed by atoms with van der Waals surface area (Å²) < 4.78 is 0. The minimum atomic E-state index is 0.154. The number of para-hydroxylation sites is 1. The van der Waals surface area contributed by atoms with Crippen molar-refractivity contribution in [3.63, 3.8) is 0 Å². The van der Waals surface area contributed by atoms with Crippen LogP contribution in [0, 0.1) is 0 Å². The Balaban J connectivity index is 2.05. The molecule has 0 atom stereocenters. The van der Waals surface area contributed by atoms with Crippen LogP contribution >= 0.6 is 0 Å². The van der Waals surface area contributed by atoms with Gasteiger partial charge in [0.15, 0.2) is 0 Å². The zero-order valence-electron chi connectivity index (χ0n) is 11.3.